The summed E-state index contributed by atoms with van der Waals surface area (Å²) in [6, 6.07) is 11.2. The van der Waals surface area contributed by atoms with Gasteiger partial charge in [-0.25, -0.2) is 0 Å². The van der Waals surface area contributed by atoms with E-state index in [2.05, 4.69) is 11.9 Å². The van der Waals surface area contributed by atoms with Gasteiger partial charge in [-0.15, -0.1) is 0 Å². The summed E-state index contributed by atoms with van der Waals surface area (Å²) in [5, 5.41) is 9.26. The van der Waals surface area contributed by atoms with Crippen molar-refractivity contribution in [2.45, 2.75) is 25.9 Å². The van der Waals surface area contributed by atoms with Crippen LogP contribution in [0.15, 0.2) is 42.6 Å². The van der Waals surface area contributed by atoms with Gasteiger partial charge >= 0.3 is 6.18 Å². The maximum Gasteiger partial charge on any atom is 0.417 e. The lowest BCUT2D eigenvalue weighted by Gasteiger charge is -2.07. The summed E-state index contributed by atoms with van der Waals surface area (Å²) in [5.41, 5.74) is 0.273. The molecule has 0 aliphatic rings. The van der Waals surface area contributed by atoms with Crippen LogP contribution in [0, 0.1) is 11.3 Å². The van der Waals surface area contributed by atoms with Crippen molar-refractivity contribution >= 4 is 11.6 Å². The Morgan fingerprint density at radius 1 is 1.20 bits per heavy atom. The van der Waals surface area contributed by atoms with Gasteiger partial charge in [0.15, 0.2) is 0 Å². The van der Waals surface area contributed by atoms with Gasteiger partial charge in [-0.3, -0.25) is 4.98 Å². The van der Waals surface area contributed by atoms with Crippen LogP contribution >= 0.6 is 0 Å². The van der Waals surface area contributed by atoms with Gasteiger partial charge in [-0.1, -0.05) is 25.5 Å². The van der Waals surface area contributed by atoms with Crippen LogP contribution in [-0.4, -0.2) is 11.6 Å². The first kappa shape index (κ1) is 18.5. The fourth-order valence-electron chi connectivity index (χ4n) is 2.05. The van der Waals surface area contributed by atoms with Gasteiger partial charge in [0.2, 0.25) is 0 Å². The van der Waals surface area contributed by atoms with Crippen LogP contribution in [0.25, 0.3) is 11.6 Å². The average Bonchev–Trinajstić information content (AvgIpc) is 2.60. The van der Waals surface area contributed by atoms with E-state index in [1.165, 1.54) is 6.07 Å². The summed E-state index contributed by atoms with van der Waals surface area (Å²) in [4.78, 5) is 3.74. The molecule has 2 aromatic rings. The smallest absolute Gasteiger partial charge is 0.417 e. The highest BCUT2D eigenvalue weighted by molar-refractivity contribution is 5.88. The van der Waals surface area contributed by atoms with Crippen LogP contribution in [0.4, 0.5) is 13.2 Å². The molecule has 0 aliphatic heterocycles. The molecule has 1 aromatic carbocycles. The molecule has 2 rings (SSSR count). The Bertz CT molecular complexity index is 757. The van der Waals surface area contributed by atoms with E-state index in [9.17, 15) is 18.4 Å². The number of alkyl halides is 3. The van der Waals surface area contributed by atoms with Crippen molar-refractivity contribution in [3.05, 3.63) is 59.4 Å². The summed E-state index contributed by atoms with van der Waals surface area (Å²) in [6.45, 7) is 2.72. The zero-order valence-corrected chi connectivity index (χ0v) is 13.7. The number of benzene rings is 1. The average molecular weight is 346 g/mol. The highest BCUT2D eigenvalue weighted by Gasteiger charge is 2.30. The van der Waals surface area contributed by atoms with Crippen LogP contribution in [0.5, 0.6) is 5.75 Å². The van der Waals surface area contributed by atoms with E-state index >= 15 is 0 Å². The summed E-state index contributed by atoms with van der Waals surface area (Å²) >= 11 is 0. The molecule has 25 heavy (non-hydrogen) atoms. The zero-order valence-electron chi connectivity index (χ0n) is 13.7. The van der Waals surface area contributed by atoms with Crippen molar-refractivity contribution in [3.63, 3.8) is 0 Å². The maximum atomic E-state index is 12.6. The van der Waals surface area contributed by atoms with Gasteiger partial charge in [0.1, 0.15) is 11.8 Å². The second kappa shape index (κ2) is 8.34. The van der Waals surface area contributed by atoms with Gasteiger partial charge in [0, 0.05) is 6.20 Å². The molecule has 0 fully saturated rings. The van der Waals surface area contributed by atoms with Crippen LogP contribution in [0.2, 0.25) is 0 Å². The van der Waals surface area contributed by atoms with Gasteiger partial charge in [-0.2, -0.15) is 18.4 Å². The van der Waals surface area contributed by atoms with Crippen LogP contribution in [0.1, 0.15) is 36.6 Å². The molecule has 0 atom stereocenters. The Kier molecular flexibility index (Phi) is 6.18. The van der Waals surface area contributed by atoms with E-state index in [0.717, 1.165) is 36.4 Å². The highest BCUT2D eigenvalue weighted by Crippen LogP contribution is 2.29. The van der Waals surface area contributed by atoms with Crippen molar-refractivity contribution in [2.75, 3.05) is 6.61 Å². The predicted octanol–water partition coefficient (Wildman–Crippen LogP) is 5.34. The normalized spacial score (nSPS) is 11.9. The third-order valence-corrected chi connectivity index (χ3v) is 3.44. The molecule has 3 nitrogen and oxygen atoms in total. The molecule has 0 bridgehead atoms. The van der Waals surface area contributed by atoms with E-state index in [4.69, 9.17) is 4.74 Å². The molecule has 0 spiro atoms. The molecule has 0 unspecified atom stereocenters. The molecule has 0 amide bonds. The Morgan fingerprint density at radius 2 is 1.92 bits per heavy atom. The lowest BCUT2D eigenvalue weighted by atomic mass is 10.1. The summed E-state index contributed by atoms with van der Waals surface area (Å²) in [7, 11) is 0. The molecule has 0 saturated heterocycles. The topological polar surface area (TPSA) is 45.9 Å². The van der Waals surface area contributed by atoms with E-state index in [1.54, 1.807) is 30.3 Å². The van der Waals surface area contributed by atoms with Crippen molar-refractivity contribution in [1.29, 1.82) is 5.26 Å². The van der Waals surface area contributed by atoms with Crippen LogP contribution in [-0.2, 0) is 6.18 Å². The van der Waals surface area contributed by atoms with Crippen molar-refractivity contribution in [2.24, 2.45) is 0 Å². The molecule has 0 N–H and O–H groups in total. The van der Waals surface area contributed by atoms with Gasteiger partial charge in [-0.05, 0) is 42.3 Å². The van der Waals surface area contributed by atoms with Gasteiger partial charge in [0.25, 0.3) is 0 Å². The minimum atomic E-state index is -4.45. The first-order valence-electron chi connectivity index (χ1n) is 7.82. The monoisotopic (exact) mass is 346 g/mol. The van der Waals surface area contributed by atoms with Crippen molar-refractivity contribution < 1.29 is 17.9 Å². The van der Waals surface area contributed by atoms with Crippen LogP contribution < -0.4 is 4.74 Å². The molecule has 1 aromatic heterocycles. The number of aromatic nitrogens is 1. The number of halogens is 3. The van der Waals surface area contributed by atoms with E-state index in [1.807, 2.05) is 6.07 Å². The first-order valence-corrected chi connectivity index (χ1v) is 7.82. The number of ether oxygens (including phenoxy) is 1. The zero-order chi connectivity index (χ0) is 18.3. The number of unbranched alkanes of at least 4 members (excludes halogenated alkanes) is 1. The number of nitrogens with zero attached hydrogens (tertiary/aromatic N) is 2. The van der Waals surface area contributed by atoms with Crippen molar-refractivity contribution in [3.8, 4) is 11.8 Å². The summed E-state index contributed by atoms with van der Waals surface area (Å²) < 4.78 is 43.3. The number of hydrogen-bond acceptors (Lipinski definition) is 3. The third-order valence-electron chi connectivity index (χ3n) is 3.44. The largest absolute Gasteiger partial charge is 0.494 e. The summed E-state index contributed by atoms with van der Waals surface area (Å²) in [5.74, 6) is 0.733. The molecule has 0 aliphatic carbocycles. The fraction of sp³-hybridized carbons (Fsp3) is 0.263. The second-order valence-electron chi connectivity index (χ2n) is 5.37. The Labute approximate surface area is 144 Å². The lowest BCUT2D eigenvalue weighted by molar-refractivity contribution is -0.137. The third kappa shape index (κ3) is 5.35. The minimum absolute atomic E-state index is 0.188. The quantitative estimate of drug-likeness (QED) is 0.524. The molecular formula is C19H17F3N2O. The molecule has 0 radical (unpaired) electrons. The van der Waals surface area contributed by atoms with E-state index < -0.39 is 11.7 Å². The summed E-state index contributed by atoms with van der Waals surface area (Å²) in [6.07, 6.45) is -0.126. The van der Waals surface area contributed by atoms with Gasteiger partial charge in [0.05, 0.1) is 23.4 Å². The predicted molar refractivity (Wildman–Crippen MR) is 89.6 cm³/mol. The van der Waals surface area contributed by atoms with Crippen molar-refractivity contribution in [1.82, 2.24) is 4.98 Å². The molecule has 130 valence electrons. The Hall–Kier alpha value is -2.81. The first-order chi connectivity index (χ1) is 11.9. The standard InChI is InChI=1S/C19H17F3N2O/c1-2-3-10-25-17-7-4-14(5-8-17)11-15(12-23)18-9-6-16(13-24-18)19(20,21)22/h4-9,11,13H,2-3,10H2,1H3/b15-11+. The SMILES string of the molecule is CCCCOc1ccc(/C=C(\C#N)c2ccc(C(F)(F)F)cn2)cc1. The van der Waals surface area contributed by atoms with Gasteiger partial charge < -0.3 is 4.74 Å². The number of allylic oxidation sites excluding steroid dienone is 1. The number of rotatable bonds is 6. The Morgan fingerprint density at radius 3 is 2.44 bits per heavy atom. The number of pyridine rings is 1. The fourth-order valence-corrected chi connectivity index (χ4v) is 2.05. The van der Waals surface area contributed by atoms with E-state index in [-0.39, 0.29) is 11.3 Å². The molecule has 0 saturated carbocycles. The highest BCUT2D eigenvalue weighted by atomic mass is 19.4. The minimum Gasteiger partial charge on any atom is -0.494 e. The van der Waals surface area contributed by atoms with Crippen LogP contribution in [0.3, 0.4) is 0 Å². The number of nitriles is 1. The molecule has 1 heterocycles. The Balaban J connectivity index is 2.16. The number of hydrogen-bond donors (Lipinski definition) is 0. The maximum absolute atomic E-state index is 12.6. The molecular weight excluding hydrogens is 329 g/mol. The molecule has 6 heteroatoms. The van der Waals surface area contributed by atoms with E-state index in [0.29, 0.717) is 6.61 Å². The second-order valence-corrected chi connectivity index (χ2v) is 5.37. The lowest BCUT2D eigenvalue weighted by Crippen LogP contribution is -2.05.